The van der Waals surface area contributed by atoms with Crippen molar-refractivity contribution in [2.75, 3.05) is 12.4 Å². The number of hydrogen-bond donors (Lipinski definition) is 2. The van der Waals surface area contributed by atoms with E-state index in [2.05, 4.69) is 15.3 Å². The quantitative estimate of drug-likeness (QED) is 0.580. The second-order valence-electron chi connectivity index (χ2n) is 5.44. The molecule has 0 aliphatic rings. The molecular formula is C18H15N3O4. The number of rotatable bonds is 5. The van der Waals surface area contributed by atoms with Crippen molar-refractivity contribution in [2.24, 2.45) is 0 Å². The molecule has 0 radical (unpaired) electrons. The SMILES string of the molecule is COc1cc2[nH]c(NCc3ccco3)cc(=O)c2cc1-c1cnco1. The number of aromatic nitrogens is 2. The first-order valence-corrected chi connectivity index (χ1v) is 7.65. The summed E-state index contributed by atoms with van der Waals surface area (Å²) in [5, 5.41) is 3.68. The fraction of sp³-hybridized carbons (Fsp3) is 0.111. The van der Waals surface area contributed by atoms with Gasteiger partial charge in [-0.15, -0.1) is 0 Å². The number of fused-ring (bicyclic) bond motifs is 1. The number of aromatic amines is 1. The summed E-state index contributed by atoms with van der Waals surface area (Å²) in [5.74, 6) is 2.50. The summed E-state index contributed by atoms with van der Waals surface area (Å²) in [6, 6.07) is 8.70. The van der Waals surface area contributed by atoms with E-state index in [1.54, 1.807) is 31.7 Å². The number of nitrogens with one attached hydrogen (secondary N) is 2. The molecule has 0 fully saturated rings. The second-order valence-corrected chi connectivity index (χ2v) is 5.44. The van der Waals surface area contributed by atoms with E-state index in [9.17, 15) is 4.79 Å². The van der Waals surface area contributed by atoms with Crippen LogP contribution in [0.4, 0.5) is 5.82 Å². The van der Waals surface area contributed by atoms with Crippen molar-refractivity contribution in [3.63, 3.8) is 0 Å². The maximum atomic E-state index is 12.5. The summed E-state index contributed by atoms with van der Waals surface area (Å²) >= 11 is 0. The summed E-state index contributed by atoms with van der Waals surface area (Å²) < 4.78 is 16.0. The number of pyridine rings is 1. The number of anilines is 1. The van der Waals surface area contributed by atoms with Gasteiger partial charge in [-0.25, -0.2) is 4.98 Å². The summed E-state index contributed by atoms with van der Waals surface area (Å²) in [4.78, 5) is 19.6. The highest BCUT2D eigenvalue weighted by Gasteiger charge is 2.13. The van der Waals surface area contributed by atoms with E-state index in [1.807, 2.05) is 12.1 Å². The van der Waals surface area contributed by atoms with Crippen LogP contribution in [0.1, 0.15) is 5.76 Å². The molecule has 3 heterocycles. The number of methoxy groups -OCH3 is 1. The number of oxazole rings is 1. The fourth-order valence-corrected chi connectivity index (χ4v) is 2.68. The van der Waals surface area contributed by atoms with Crippen LogP contribution < -0.4 is 15.5 Å². The Morgan fingerprint density at radius 1 is 1.28 bits per heavy atom. The lowest BCUT2D eigenvalue weighted by Crippen LogP contribution is -2.08. The van der Waals surface area contributed by atoms with Gasteiger partial charge in [0.15, 0.2) is 17.6 Å². The summed E-state index contributed by atoms with van der Waals surface area (Å²) in [7, 11) is 1.57. The number of H-pyrrole nitrogens is 1. The molecule has 2 N–H and O–H groups in total. The summed E-state index contributed by atoms with van der Waals surface area (Å²) in [5.41, 5.74) is 1.22. The molecule has 3 aromatic heterocycles. The molecule has 7 heteroatoms. The van der Waals surface area contributed by atoms with Crippen LogP contribution in [0.2, 0.25) is 0 Å². The van der Waals surface area contributed by atoms with Crippen LogP contribution >= 0.6 is 0 Å². The molecule has 0 bridgehead atoms. The van der Waals surface area contributed by atoms with E-state index in [-0.39, 0.29) is 5.43 Å². The number of ether oxygens (including phenoxy) is 1. The molecule has 0 aliphatic heterocycles. The van der Waals surface area contributed by atoms with Crippen molar-refractivity contribution in [1.82, 2.24) is 9.97 Å². The Bertz CT molecular complexity index is 1050. The summed E-state index contributed by atoms with van der Waals surface area (Å²) in [6.07, 6.45) is 4.53. The van der Waals surface area contributed by atoms with Crippen molar-refractivity contribution in [3.8, 4) is 17.1 Å². The first-order chi connectivity index (χ1) is 12.2. The number of nitrogens with zero attached hydrogens (tertiary/aromatic N) is 1. The predicted molar refractivity (Wildman–Crippen MR) is 92.7 cm³/mol. The molecule has 0 aliphatic carbocycles. The average molecular weight is 337 g/mol. The van der Waals surface area contributed by atoms with Gasteiger partial charge in [0.1, 0.15) is 17.3 Å². The highest BCUT2D eigenvalue weighted by molar-refractivity contribution is 5.88. The van der Waals surface area contributed by atoms with E-state index >= 15 is 0 Å². The third kappa shape index (κ3) is 2.87. The van der Waals surface area contributed by atoms with Crippen molar-refractivity contribution in [2.45, 2.75) is 6.54 Å². The van der Waals surface area contributed by atoms with Gasteiger partial charge in [-0.05, 0) is 18.2 Å². The van der Waals surface area contributed by atoms with Crippen LogP contribution in [-0.4, -0.2) is 17.1 Å². The van der Waals surface area contributed by atoms with Crippen molar-refractivity contribution >= 4 is 16.7 Å². The zero-order chi connectivity index (χ0) is 17.2. The Hall–Kier alpha value is -3.48. The third-order valence-electron chi connectivity index (χ3n) is 3.88. The molecule has 0 unspecified atom stereocenters. The molecule has 0 saturated carbocycles. The van der Waals surface area contributed by atoms with Gasteiger partial charge >= 0.3 is 0 Å². The van der Waals surface area contributed by atoms with Crippen LogP contribution in [0.15, 0.2) is 62.8 Å². The topological polar surface area (TPSA) is 93.3 Å². The Morgan fingerprint density at radius 2 is 2.20 bits per heavy atom. The zero-order valence-corrected chi connectivity index (χ0v) is 13.4. The largest absolute Gasteiger partial charge is 0.496 e. The van der Waals surface area contributed by atoms with Crippen LogP contribution in [0, 0.1) is 0 Å². The fourth-order valence-electron chi connectivity index (χ4n) is 2.68. The first kappa shape index (κ1) is 15.1. The molecule has 4 rings (SSSR count). The molecule has 0 saturated heterocycles. The maximum absolute atomic E-state index is 12.5. The Morgan fingerprint density at radius 3 is 2.92 bits per heavy atom. The smallest absolute Gasteiger partial charge is 0.191 e. The highest BCUT2D eigenvalue weighted by Crippen LogP contribution is 2.32. The highest BCUT2D eigenvalue weighted by atomic mass is 16.5. The van der Waals surface area contributed by atoms with Crippen LogP contribution in [0.25, 0.3) is 22.2 Å². The van der Waals surface area contributed by atoms with Crippen LogP contribution in [0.3, 0.4) is 0 Å². The van der Waals surface area contributed by atoms with Gasteiger partial charge in [-0.2, -0.15) is 0 Å². The Balaban J connectivity index is 1.75. The molecule has 7 nitrogen and oxygen atoms in total. The van der Waals surface area contributed by atoms with Crippen LogP contribution in [0.5, 0.6) is 5.75 Å². The second kappa shape index (κ2) is 6.20. The molecule has 25 heavy (non-hydrogen) atoms. The van der Waals surface area contributed by atoms with Crippen molar-refractivity contribution in [3.05, 3.63) is 65.2 Å². The summed E-state index contributed by atoms with van der Waals surface area (Å²) in [6.45, 7) is 0.474. The molecule has 0 atom stereocenters. The number of furan rings is 1. The van der Waals surface area contributed by atoms with Gasteiger partial charge in [-0.3, -0.25) is 4.79 Å². The Kier molecular flexibility index (Phi) is 3.74. The van der Waals surface area contributed by atoms with Gasteiger partial charge < -0.3 is 23.9 Å². The van der Waals surface area contributed by atoms with E-state index in [1.165, 1.54) is 12.5 Å². The van der Waals surface area contributed by atoms with Crippen molar-refractivity contribution < 1.29 is 13.6 Å². The van der Waals surface area contributed by atoms with E-state index in [0.29, 0.717) is 40.3 Å². The third-order valence-corrected chi connectivity index (χ3v) is 3.88. The van der Waals surface area contributed by atoms with E-state index in [0.717, 1.165) is 5.76 Å². The maximum Gasteiger partial charge on any atom is 0.191 e. The average Bonchev–Trinajstić information content (AvgIpc) is 3.32. The minimum absolute atomic E-state index is 0.112. The lowest BCUT2D eigenvalue weighted by atomic mass is 10.1. The normalized spacial score (nSPS) is 10.9. The van der Waals surface area contributed by atoms with Gasteiger partial charge in [0.25, 0.3) is 0 Å². The Labute approximate surface area is 142 Å². The van der Waals surface area contributed by atoms with Gasteiger partial charge in [0, 0.05) is 17.5 Å². The molecule has 0 spiro atoms. The lowest BCUT2D eigenvalue weighted by Gasteiger charge is -2.10. The van der Waals surface area contributed by atoms with Crippen molar-refractivity contribution in [1.29, 1.82) is 0 Å². The zero-order valence-electron chi connectivity index (χ0n) is 13.4. The minimum Gasteiger partial charge on any atom is -0.496 e. The molecule has 0 amide bonds. The van der Waals surface area contributed by atoms with E-state index < -0.39 is 0 Å². The molecular weight excluding hydrogens is 322 g/mol. The molecule has 4 aromatic rings. The monoisotopic (exact) mass is 337 g/mol. The predicted octanol–water partition coefficient (Wildman–Crippen LogP) is 3.40. The number of benzene rings is 1. The standard InChI is InChI=1S/C18H15N3O4/c1-23-16-6-14-12(5-13(16)17-9-19-10-25-17)15(22)7-18(21-14)20-8-11-3-2-4-24-11/h2-7,9-10H,8H2,1H3,(H2,20,21,22). The van der Waals surface area contributed by atoms with Gasteiger partial charge in [-0.1, -0.05) is 0 Å². The molecule has 1 aromatic carbocycles. The van der Waals surface area contributed by atoms with Gasteiger partial charge in [0.2, 0.25) is 0 Å². The van der Waals surface area contributed by atoms with Gasteiger partial charge in [0.05, 0.1) is 37.2 Å². The molecule has 126 valence electrons. The first-order valence-electron chi connectivity index (χ1n) is 7.65. The number of hydrogen-bond acceptors (Lipinski definition) is 6. The van der Waals surface area contributed by atoms with E-state index in [4.69, 9.17) is 13.6 Å². The van der Waals surface area contributed by atoms with Crippen LogP contribution in [-0.2, 0) is 6.54 Å². The minimum atomic E-state index is -0.112. The lowest BCUT2D eigenvalue weighted by molar-refractivity contribution is 0.415.